The number of benzene rings is 1. The molecule has 3 rings (SSSR count). The second-order valence-corrected chi connectivity index (χ2v) is 6.40. The van der Waals surface area contributed by atoms with E-state index < -0.39 is 0 Å². The van der Waals surface area contributed by atoms with Crippen molar-refractivity contribution in [3.63, 3.8) is 0 Å². The highest BCUT2D eigenvalue weighted by molar-refractivity contribution is 7.18. The molecule has 1 saturated heterocycles. The molecule has 1 aliphatic heterocycles. The normalized spacial score (nSPS) is 20.2. The van der Waals surface area contributed by atoms with Gasteiger partial charge in [-0.3, -0.25) is 4.79 Å². The van der Waals surface area contributed by atoms with E-state index in [1.165, 1.54) is 4.70 Å². The van der Waals surface area contributed by atoms with Crippen LogP contribution in [-0.2, 0) is 4.79 Å². The molecular weight excluding hydrogens is 270 g/mol. The molecule has 1 aliphatic rings. The topological polar surface area (TPSA) is 45.2 Å². The fourth-order valence-electron chi connectivity index (χ4n) is 2.58. The molecule has 4 nitrogen and oxygen atoms in total. The van der Waals surface area contributed by atoms with Gasteiger partial charge in [0, 0.05) is 13.6 Å². The van der Waals surface area contributed by atoms with Crippen molar-refractivity contribution < 1.29 is 4.79 Å². The minimum atomic E-state index is 0.0282. The van der Waals surface area contributed by atoms with Crippen LogP contribution >= 0.6 is 11.3 Å². The second-order valence-electron chi connectivity index (χ2n) is 5.33. The van der Waals surface area contributed by atoms with Crippen LogP contribution < -0.4 is 5.32 Å². The summed E-state index contributed by atoms with van der Waals surface area (Å²) in [6, 6.07) is 8.14. The molecule has 0 saturated carbocycles. The van der Waals surface area contributed by atoms with E-state index in [1.807, 2.05) is 30.1 Å². The number of para-hydroxylation sites is 1. The molecule has 2 aromatic rings. The number of hydrogen-bond donors (Lipinski definition) is 1. The third kappa shape index (κ3) is 2.43. The minimum absolute atomic E-state index is 0.0282. The zero-order valence-corrected chi connectivity index (χ0v) is 12.6. The first-order valence-electron chi connectivity index (χ1n) is 6.99. The molecule has 0 spiro atoms. The summed E-state index contributed by atoms with van der Waals surface area (Å²) in [5, 5.41) is 4.26. The monoisotopic (exact) mass is 289 g/mol. The molecule has 0 aliphatic carbocycles. The van der Waals surface area contributed by atoms with Crippen LogP contribution in [0.5, 0.6) is 0 Å². The molecule has 5 heteroatoms. The Morgan fingerprint density at radius 3 is 3.00 bits per heavy atom. The summed E-state index contributed by atoms with van der Waals surface area (Å²) in [4.78, 5) is 18.9. The predicted molar refractivity (Wildman–Crippen MR) is 81.8 cm³/mol. The smallest absolute Gasteiger partial charge is 0.227 e. The number of carbonyl (C=O) groups excluding carboxylic acids is 1. The molecule has 1 aromatic carbocycles. The minimum Gasteiger partial charge on any atom is -0.336 e. The van der Waals surface area contributed by atoms with Crippen molar-refractivity contribution in [1.29, 1.82) is 0 Å². The molecule has 0 bridgehead atoms. The first-order valence-corrected chi connectivity index (χ1v) is 7.81. The molecule has 1 fully saturated rings. The van der Waals surface area contributed by atoms with Gasteiger partial charge in [-0.15, -0.1) is 11.3 Å². The molecule has 1 aromatic heterocycles. The maximum Gasteiger partial charge on any atom is 0.227 e. The summed E-state index contributed by atoms with van der Waals surface area (Å²) in [5.74, 6) is 0.346. The summed E-state index contributed by atoms with van der Waals surface area (Å²) in [6.07, 6.45) is 0.940. The van der Waals surface area contributed by atoms with Gasteiger partial charge in [-0.25, -0.2) is 4.98 Å². The summed E-state index contributed by atoms with van der Waals surface area (Å²) < 4.78 is 1.18. The average Bonchev–Trinajstić information content (AvgIpc) is 3.13. The largest absolute Gasteiger partial charge is 0.336 e. The van der Waals surface area contributed by atoms with Gasteiger partial charge in [0.05, 0.1) is 22.2 Å². The van der Waals surface area contributed by atoms with Crippen molar-refractivity contribution in [3.8, 4) is 0 Å². The Bertz CT molecular complexity index is 585. The van der Waals surface area contributed by atoms with Gasteiger partial charge >= 0.3 is 0 Å². The van der Waals surface area contributed by atoms with Crippen molar-refractivity contribution in [1.82, 2.24) is 15.2 Å². The number of hydrogen-bond acceptors (Lipinski definition) is 4. The SMILES string of the molecule is CC(c1nc2ccccc2s1)N(C)C(=O)C1CCNC1. The molecule has 0 radical (unpaired) electrons. The maximum absolute atomic E-state index is 12.4. The van der Waals surface area contributed by atoms with Gasteiger partial charge in [0.1, 0.15) is 5.01 Å². The standard InChI is InChI=1S/C15H19N3OS/c1-10(18(2)15(19)11-7-8-16-9-11)14-17-12-5-3-4-6-13(12)20-14/h3-6,10-11,16H,7-9H2,1-2H3. The van der Waals surface area contributed by atoms with Crippen molar-refractivity contribution in [2.45, 2.75) is 19.4 Å². The average molecular weight is 289 g/mol. The van der Waals surface area contributed by atoms with Gasteiger partial charge in [-0.05, 0) is 32.0 Å². The van der Waals surface area contributed by atoms with Crippen molar-refractivity contribution >= 4 is 27.5 Å². The Hall–Kier alpha value is -1.46. The quantitative estimate of drug-likeness (QED) is 0.944. The summed E-state index contributed by atoms with van der Waals surface area (Å²) in [6.45, 7) is 3.80. The summed E-state index contributed by atoms with van der Waals surface area (Å²) in [7, 11) is 1.89. The zero-order chi connectivity index (χ0) is 14.1. The van der Waals surface area contributed by atoms with Crippen LogP contribution in [0.2, 0.25) is 0 Å². The fraction of sp³-hybridized carbons (Fsp3) is 0.467. The van der Waals surface area contributed by atoms with Crippen molar-refractivity contribution in [3.05, 3.63) is 29.3 Å². The van der Waals surface area contributed by atoms with Crippen LogP contribution in [0.1, 0.15) is 24.4 Å². The lowest BCUT2D eigenvalue weighted by atomic mass is 10.1. The lowest BCUT2D eigenvalue weighted by Crippen LogP contribution is -2.35. The fourth-order valence-corrected chi connectivity index (χ4v) is 3.64. The Balaban J connectivity index is 1.80. The first-order chi connectivity index (χ1) is 9.66. The van der Waals surface area contributed by atoms with E-state index in [0.29, 0.717) is 0 Å². The third-order valence-electron chi connectivity index (χ3n) is 4.01. The number of nitrogens with zero attached hydrogens (tertiary/aromatic N) is 2. The van der Waals surface area contributed by atoms with Crippen LogP contribution in [0.3, 0.4) is 0 Å². The number of aromatic nitrogens is 1. The van der Waals surface area contributed by atoms with Gasteiger partial charge in [0.2, 0.25) is 5.91 Å². The van der Waals surface area contributed by atoms with Crippen LogP contribution in [0.25, 0.3) is 10.2 Å². The van der Waals surface area contributed by atoms with Crippen LogP contribution in [0.4, 0.5) is 0 Å². The molecule has 2 atom stereocenters. The lowest BCUT2D eigenvalue weighted by molar-refractivity contribution is -0.135. The number of fused-ring (bicyclic) bond motifs is 1. The van der Waals surface area contributed by atoms with E-state index in [4.69, 9.17) is 0 Å². The number of carbonyl (C=O) groups is 1. The highest BCUT2D eigenvalue weighted by Crippen LogP contribution is 2.29. The molecule has 2 heterocycles. The van der Waals surface area contributed by atoms with E-state index >= 15 is 0 Å². The Morgan fingerprint density at radius 2 is 2.30 bits per heavy atom. The van der Waals surface area contributed by atoms with Gasteiger partial charge < -0.3 is 10.2 Å². The van der Waals surface area contributed by atoms with E-state index in [-0.39, 0.29) is 17.9 Å². The maximum atomic E-state index is 12.4. The third-order valence-corrected chi connectivity index (χ3v) is 5.21. The van der Waals surface area contributed by atoms with E-state index in [0.717, 1.165) is 30.0 Å². The molecule has 1 amide bonds. The lowest BCUT2D eigenvalue weighted by Gasteiger charge is -2.25. The Kier molecular flexibility index (Phi) is 3.72. The predicted octanol–water partition coefficient (Wildman–Crippen LogP) is 2.43. The highest BCUT2D eigenvalue weighted by atomic mass is 32.1. The number of rotatable bonds is 3. The van der Waals surface area contributed by atoms with Gasteiger partial charge in [0.25, 0.3) is 0 Å². The van der Waals surface area contributed by atoms with Gasteiger partial charge in [-0.1, -0.05) is 12.1 Å². The highest BCUT2D eigenvalue weighted by Gasteiger charge is 2.29. The molecule has 20 heavy (non-hydrogen) atoms. The van der Waals surface area contributed by atoms with Crippen LogP contribution in [0, 0.1) is 5.92 Å². The Labute approximate surface area is 122 Å². The van der Waals surface area contributed by atoms with Crippen LogP contribution in [-0.4, -0.2) is 35.9 Å². The summed E-state index contributed by atoms with van der Waals surface area (Å²) >= 11 is 1.67. The number of nitrogens with one attached hydrogen (secondary N) is 1. The van der Waals surface area contributed by atoms with E-state index in [2.05, 4.69) is 23.3 Å². The Morgan fingerprint density at radius 1 is 1.50 bits per heavy atom. The van der Waals surface area contributed by atoms with Crippen molar-refractivity contribution in [2.24, 2.45) is 5.92 Å². The zero-order valence-electron chi connectivity index (χ0n) is 11.8. The van der Waals surface area contributed by atoms with E-state index in [9.17, 15) is 4.79 Å². The summed E-state index contributed by atoms with van der Waals surface area (Å²) in [5.41, 5.74) is 1.02. The number of amides is 1. The second kappa shape index (κ2) is 5.50. The van der Waals surface area contributed by atoms with Crippen molar-refractivity contribution in [2.75, 3.05) is 20.1 Å². The van der Waals surface area contributed by atoms with Crippen LogP contribution in [0.15, 0.2) is 24.3 Å². The molecular formula is C15H19N3OS. The molecule has 106 valence electrons. The molecule has 2 unspecified atom stereocenters. The van der Waals surface area contributed by atoms with Gasteiger partial charge in [-0.2, -0.15) is 0 Å². The number of thiazole rings is 1. The van der Waals surface area contributed by atoms with E-state index in [1.54, 1.807) is 11.3 Å². The van der Waals surface area contributed by atoms with Gasteiger partial charge in [0.15, 0.2) is 0 Å². The first kappa shape index (κ1) is 13.5. The molecule has 1 N–H and O–H groups in total.